The first kappa shape index (κ1) is 93.8. The minimum Gasteiger partial charge on any atom is -0.545 e. The summed E-state index contributed by atoms with van der Waals surface area (Å²) in [6.45, 7) is 4.83. The third kappa shape index (κ3) is 79.1. The topological polar surface area (TPSA) is 111 Å². The minimum atomic E-state index is -1.62. The molecule has 0 amide bonds. The van der Waals surface area contributed by atoms with Gasteiger partial charge in [-0.05, 0) is 44.9 Å². The molecule has 0 aliphatic rings. The Hall–Kier alpha value is -2.23. The van der Waals surface area contributed by atoms with Gasteiger partial charge in [0.25, 0.3) is 0 Å². The van der Waals surface area contributed by atoms with Crippen LogP contribution in [0.1, 0.15) is 457 Å². The fourth-order valence-electron chi connectivity index (χ4n) is 13.4. The van der Waals surface area contributed by atoms with Crippen molar-refractivity contribution in [1.29, 1.82) is 0 Å². The van der Waals surface area contributed by atoms with E-state index in [1.165, 1.54) is 385 Å². The molecule has 2 unspecified atom stereocenters. The molecule has 0 heterocycles. The van der Waals surface area contributed by atoms with Crippen LogP contribution in [-0.2, 0) is 33.3 Å². The third-order valence-electron chi connectivity index (χ3n) is 20.0. The van der Waals surface area contributed by atoms with Crippen molar-refractivity contribution in [1.82, 2.24) is 0 Å². The van der Waals surface area contributed by atoms with E-state index >= 15 is 0 Å². The molecule has 0 rings (SSSR count). The standard InChI is InChI=1S/C87H167NO8/c1-6-8-10-12-14-16-18-20-22-24-26-28-30-32-34-36-38-40-41-42-43-44-46-47-49-51-53-55-57-59-61-63-65-67-69-71-73-75-77-84(89)94-81-83(82-95-87(86(91)92)93-80-79-88(3,4)5)96-85(90)78-76-74-72-70-68-66-64-62-60-58-56-54-52-50-48-45-39-37-35-33-31-29-27-25-23-21-19-17-15-13-11-9-7-2/h19,21,25,27,83,87H,6-18,20,22-24,26,28-82H2,1-5H3/b21-19-,27-25-. The quantitative estimate of drug-likeness (QED) is 0.0195. The predicted octanol–water partition coefficient (Wildman–Crippen LogP) is 26.3. The summed E-state index contributed by atoms with van der Waals surface area (Å²) in [5.74, 6) is -2.24. The maximum absolute atomic E-state index is 13.0. The molecule has 0 saturated carbocycles. The zero-order valence-corrected chi connectivity index (χ0v) is 65.3. The molecular weight excluding hydrogens is 1190 g/mol. The Kier molecular flexibility index (Phi) is 76.7. The summed E-state index contributed by atoms with van der Waals surface area (Å²) in [6.07, 6.45) is 97.7. The highest BCUT2D eigenvalue weighted by Gasteiger charge is 2.22. The van der Waals surface area contributed by atoms with Gasteiger partial charge in [-0.2, -0.15) is 0 Å². The number of hydrogen-bond acceptors (Lipinski definition) is 8. The molecule has 0 aromatic rings. The Bertz CT molecular complexity index is 1630. The molecule has 0 spiro atoms. The summed E-state index contributed by atoms with van der Waals surface area (Å²) in [5, 5.41) is 11.9. The fraction of sp³-hybridized carbons (Fsp3) is 0.920. The predicted molar refractivity (Wildman–Crippen MR) is 413 cm³/mol. The number of aliphatic carboxylic acids is 1. The monoisotopic (exact) mass is 1350 g/mol. The molecule has 9 heteroatoms. The normalized spacial score (nSPS) is 12.6. The zero-order chi connectivity index (χ0) is 69.7. The van der Waals surface area contributed by atoms with Gasteiger partial charge in [0.05, 0.1) is 40.3 Å². The molecule has 0 aromatic carbocycles. The summed E-state index contributed by atoms with van der Waals surface area (Å²) >= 11 is 0. The van der Waals surface area contributed by atoms with Crippen molar-refractivity contribution in [2.45, 2.75) is 469 Å². The smallest absolute Gasteiger partial charge is 0.306 e. The van der Waals surface area contributed by atoms with Crippen LogP contribution in [0.4, 0.5) is 0 Å². The van der Waals surface area contributed by atoms with Crippen molar-refractivity contribution in [3.63, 3.8) is 0 Å². The van der Waals surface area contributed by atoms with Gasteiger partial charge in [0.1, 0.15) is 13.2 Å². The fourth-order valence-corrected chi connectivity index (χ4v) is 13.4. The summed E-state index contributed by atoms with van der Waals surface area (Å²) < 4.78 is 22.9. The lowest BCUT2D eigenvalue weighted by molar-refractivity contribution is -0.870. The number of allylic oxidation sites excluding steroid dienone is 4. The molecular formula is C87H167NO8. The van der Waals surface area contributed by atoms with E-state index in [9.17, 15) is 19.5 Å². The van der Waals surface area contributed by atoms with E-state index in [1.54, 1.807) is 0 Å². The van der Waals surface area contributed by atoms with Crippen LogP contribution in [0.25, 0.3) is 0 Å². The lowest BCUT2D eigenvalue weighted by atomic mass is 10.0. The molecule has 0 fully saturated rings. The van der Waals surface area contributed by atoms with Crippen LogP contribution in [0.3, 0.4) is 0 Å². The number of likely N-dealkylation sites (N-methyl/N-ethyl adjacent to an activating group) is 1. The second kappa shape index (κ2) is 78.5. The highest BCUT2D eigenvalue weighted by atomic mass is 16.7. The van der Waals surface area contributed by atoms with Crippen LogP contribution in [0.5, 0.6) is 0 Å². The summed E-state index contributed by atoms with van der Waals surface area (Å²) in [5.41, 5.74) is 0. The number of carboxylic acids is 1. The average Bonchev–Trinajstić information content (AvgIpc) is 2.40. The lowest BCUT2D eigenvalue weighted by Gasteiger charge is -2.26. The van der Waals surface area contributed by atoms with Crippen LogP contribution in [0.2, 0.25) is 0 Å². The van der Waals surface area contributed by atoms with E-state index in [0.29, 0.717) is 17.4 Å². The summed E-state index contributed by atoms with van der Waals surface area (Å²) in [7, 11) is 5.96. The molecule has 9 nitrogen and oxygen atoms in total. The molecule has 0 aliphatic carbocycles. The number of esters is 2. The maximum atomic E-state index is 13.0. The van der Waals surface area contributed by atoms with Crippen molar-refractivity contribution in [2.24, 2.45) is 0 Å². The Labute approximate surface area is 598 Å². The minimum absolute atomic E-state index is 0.152. The van der Waals surface area contributed by atoms with E-state index in [4.69, 9.17) is 18.9 Å². The number of unbranched alkanes of at least 4 members (excludes halogenated alkanes) is 63. The molecule has 2 atom stereocenters. The number of hydrogen-bond donors (Lipinski definition) is 0. The SMILES string of the molecule is CCCCCCC/C=C\C/C=C\CCCCCCCCCCCCCCCCCCCCCCCC(=O)OC(COC(=O)CCCCCCCCCCCCCCCCCCCCCCCCCCCCCCCCCCCCCCCC)COC(OCC[N+](C)(C)C)C(=O)[O-]. The van der Waals surface area contributed by atoms with E-state index < -0.39 is 24.3 Å². The lowest BCUT2D eigenvalue weighted by Crippen LogP contribution is -2.44. The number of nitrogens with zero attached hydrogens (tertiary/aromatic N) is 1. The van der Waals surface area contributed by atoms with Gasteiger partial charge in [0.15, 0.2) is 12.4 Å². The number of carbonyl (C=O) groups is 3. The molecule has 0 bridgehead atoms. The second-order valence-corrected chi connectivity index (χ2v) is 30.8. The molecule has 0 aromatic heterocycles. The highest BCUT2D eigenvalue weighted by molar-refractivity contribution is 5.70. The van der Waals surface area contributed by atoms with Crippen molar-refractivity contribution in [3.05, 3.63) is 24.3 Å². The first-order valence-electron chi connectivity index (χ1n) is 43.0. The molecule has 568 valence electrons. The van der Waals surface area contributed by atoms with Gasteiger partial charge in [-0.15, -0.1) is 0 Å². The summed E-state index contributed by atoms with van der Waals surface area (Å²) in [4.78, 5) is 37.6. The van der Waals surface area contributed by atoms with Gasteiger partial charge in [-0.3, -0.25) is 9.59 Å². The van der Waals surface area contributed by atoms with Gasteiger partial charge < -0.3 is 33.3 Å². The number of carboxylic acid groups (broad SMARTS) is 1. The number of ether oxygens (including phenoxy) is 4. The van der Waals surface area contributed by atoms with E-state index in [1.807, 2.05) is 21.1 Å². The molecule has 0 radical (unpaired) electrons. The second-order valence-electron chi connectivity index (χ2n) is 30.8. The first-order chi connectivity index (χ1) is 47.1. The average molecular weight is 1360 g/mol. The zero-order valence-electron chi connectivity index (χ0n) is 65.3. The van der Waals surface area contributed by atoms with Crippen molar-refractivity contribution >= 4 is 17.9 Å². The highest BCUT2D eigenvalue weighted by Crippen LogP contribution is 2.21. The van der Waals surface area contributed by atoms with Gasteiger partial charge in [0, 0.05) is 12.8 Å². The maximum Gasteiger partial charge on any atom is 0.306 e. The molecule has 0 N–H and O–H groups in total. The molecule has 0 aliphatic heterocycles. The number of rotatable bonds is 82. The van der Waals surface area contributed by atoms with Crippen LogP contribution in [0, 0.1) is 0 Å². The Morgan fingerprint density at radius 3 is 0.823 bits per heavy atom. The van der Waals surface area contributed by atoms with E-state index in [2.05, 4.69) is 38.2 Å². The van der Waals surface area contributed by atoms with E-state index in [-0.39, 0.29) is 32.2 Å². The summed E-state index contributed by atoms with van der Waals surface area (Å²) in [6, 6.07) is 0. The van der Waals surface area contributed by atoms with Crippen LogP contribution in [0.15, 0.2) is 24.3 Å². The number of quaternary nitrogens is 1. The van der Waals surface area contributed by atoms with Crippen LogP contribution < -0.4 is 5.11 Å². The largest absolute Gasteiger partial charge is 0.545 e. The molecule has 0 saturated heterocycles. The van der Waals surface area contributed by atoms with Crippen molar-refractivity contribution in [3.8, 4) is 0 Å². The van der Waals surface area contributed by atoms with Gasteiger partial charge in [-0.1, -0.05) is 423 Å². The van der Waals surface area contributed by atoms with Crippen LogP contribution in [-0.4, -0.2) is 82.3 Å². The van der Waals surface area contributed by atoms with Gasteiger partial charge in [-0.25, -0.2) is 0 Å². The van der Waals surface area contributed by atoms with Crippen LogP contribution >= 0.6 is 0 Å². The first-order valence-corrected chi connectivity index (χ1v) is 43.0. The van der Waals surface area contributed by atoms with Gasteiger partial charge in [0.2, 0.25) is 0 Å². The Morgan fingerprint density at radius 1 is 0.312 bits per heavy atom. The van der Waals surface area contributed by atoms with E-state index in [0.717, 1.165) is 44.9 Å². The van der Waals surface area contributed by atoms with Crippen molar-refractivity contribution < 1.29 is 42.9 Å². The third-order valence-corrected chi connectivity index (χ3v) is 20.0. The van der Waals surface area contributed by atoms with Crippen molar-refractivity contribution in [2.75, 3.05) is 47.5 Å². The van der Waals surface area contributed by atoms with Gasteiger partial charge >= 0.3 is 11.9 Å². The number of carbonyl (C=O) groups excluding carboxylic acids is 3. The molecule has 96 heavy (non-hydrogen) atoms. The Balaban J connectivity index is 3.91. The Morgan fingerprint density at radius 2 is 0.562 bits per heavy atom.